The Morgan fingerprint density at radius 1 is 1.12 bits per heavy atom. The average molecular weight is 219 g/mol. The van der Waals surface area contributed by atoms with Crippen molar-refractivity contribution in [3.05, 3.63) is 30.2 Å². The van der Waals surface area contributed by atoms with Gasteiger partial charge in [-0.1, -0.05) is 0 Å². The molecule has 0 N–H and O–H groups in total. The lowest BCUT2D eigenvalue weighted by atomic mass is 10.2. The maximum absolute atomic E-state index is 5.44. The Hall–Kier alpha value is -1.97. The van der Waals surface area contributed by atoms with Gasteiger partial charge in [0, 0.05) is 5.56 Å². The number of ether oxygens (including phenoxy) is 2. The van der Waals surface area contributed by atoms with Gasteiger partial charge in [-0.05, 0) is 25.1 Å². The molecule has 1 heterocycles. The van der Waals surface area contributed by atoms with Gasteiger partial charge in [-0.3, -0.25) is 0 Å². The molecule has 0 bridgehead atoms. The molecule has 16 heavy (non-hydrogen) atoms. The van der Waals surface area contributed by atoms with Crippen molar-refractivity contribution in [3.8, 4) is 23.0 Å². The molecule has 0 radical (unpaired) electrons. The van der Waals surface area contributed by atoms with Crippen LogP contribution in [0.2, 0.25) is 0 Å². The van der Waals surface area contributed by atoms with Crippen molar-refractivity contribution < 1.29 is 13.9 Å². The minimum absolute atomic E-state index is 0.582. The zero-order chi connectivity index (χ0) is 11.5. The van der Waals surface area contributed by atoms with E-state index in [-0.39, 0.29) is 0 Å². The number of rotatable bonds is 3. The Labute approximate surface area is 93.8 Å². The highest BCUT2D eigenvalue weighted by atomic mass is 16.5. The molecule has 4 nitrogen and oxygen atoms in total. The largest absolute Gasteiger partial charge is 0.493 e. The van der Waals surface area contributed by atoms with E-state index in [1.54, 1.807) is 20.4 Å². The summed E-state index contributed by atoms with van der Waals surface area (Å²) in [4.78, 5) is 4.15. The van der Waals surface area contributed by atoms with Crippen molar-refractivity contribution in [1.82, 2.24) is 4.98 Å². The first kappa shape index (κ1) is 10.5. The van der Waals surface area contributed by atoms with E-state index in [0.717, 1.165) is 11.3 Å². The van der Waals surface area contributed by atoms with Gasteiger partial charge in [-0.15, -0.1) is 0 Å². The Morgan fingerprint density at radius 2 is 1.88 bits per heavy atom. The summed E-state index contributed by atoms with van der Waals surface area (Å²) < 4.78 is 15.8. The van der Waals surface area contributed by atoms with E-state index >= 15 is 0 Å². The molecule has 84 valence electrons. The second kappa shape index (κ2) is 4.26. The second-order valence-electron chi connectivity index (χ2n) is 3.35. The van der Waals surface area contributed by atoms with Crippen molar-refractivity contribution in [2.75, 3.05) is 14.2 Å². The number of nitrogens with zero attached hydrogens (tertiary/aromatic N) is 1. The minimum atomic E-state index is 0.582. The first-order chi connectivity index (χ1) is 7.74. The molecule has 0 atom stereocenters. The van der Waals surface area contributed by atoms with Crippen molar-refractivity contribution in [2.24, 2.45) is 0 Å². The van der Waals surface area contributed by atoms with Crippen LogP contribution in [0.4, 0.5) is 0 Å². The molecule has 0 fully saturated rings. The van der Waals surface area contributed by atoms with Crippen LogP contribution in [-0.2, 0) is 0 Å². The number of aromatic nitrogens is 1. The molecule has 0 aliphatic heterocycles. The van der Waals surface area contributed by atoms with E-state index < -0.39 is 0 Å². The summed E-state index contributed by atoms with van der Waals surface area (Å²) >= 11 is 0. The molecule has 0 amide bonds. The first-order valence-electron chi connectivity index (χ1n) is 4.89. The highest BCUT2D eigenvalue weighted by Gasteiger charge is 2.09. The summed E-state index contributed by atoms with van der Waals surface area (Å²) in [6.07, 6.45) is 1.69. The number of hydrogen-bond donors (Lipinski definition) is 0. The summed E-state index contributed by atoms with van der Waals surface area (Å²) in [6.45, 7) is 1.86. The Kier molecular flexibility index (Phi) is 2.81. The lowest BCUT2D eigenvalue weighted by Crippen LogP contribution is -1.90. The molecule has 2 aromatic rings. The Bertz CT molecular complexity index is 491. The Morgan fingerprint density at radius 3 is 2.44 bits per heavy atom. The van der Waals surface area contributed by atoms with Crippen LogP contribution in [-0.4, -0.2) is 19.2 Å². The van der Waals surface area contributed by atoms with Gasteiger partial charge >= 0.3 is 0 Å². The van der Waals surface area contributed by atoms with Crippen molar-refractivity contribution >= 4 is 0 Å². The monoisotopic (exact) mass is 219 g/mol. The normalized spacial score (nSPS) is 10.2. The SMILES string of the molecule is COc1ccc(-c2ncc(C)o2)cc1OC. The van der Waals surface area contributed by atoms with Crippen molar-refractivity contribution in [1.29, 1.82) is 0 Å². The number of aryl methyl sites for hydroxylation is 1. The van der Waals surface area contributed by atoms with Gasteiger partial charge in [0.15, 0.2) is 11.5 Å². The smallest absolute Gasteiger partial charge is 0.226 e. The number of oxazole rings is 1. The highest BCUT2D eigenvalue weighted by Crippen LogP contribution is 2.31. The molecule has 0 saturated heterocycles. The topological polar surface area (TPSA) is 44.5 Å². The van der Waals surface area contributed by atoms with Gasteiger partial charge in [0.25, 0.3) is 0 Å². The molecule has 0 spiro atoms. The summed E-state index contributed by atoms with van der Waals surface area (Å²) in [7, 11) is 3.20. The molecule has 0 aliphatic carbocycles. The number of hydrogen-bond acceptors (Lipinski definition) is 4. The lowest BCUT2D eigenvalue weighted by molar-refractivity contribution is 0.355. The predicted molar refractivity (Wildman–Crippen MR) is 59.8 cm³/mol. The van der Waals surface area contributed by atoms with Gasteiger partial charge in [0.1, 0.15) is 5.76 Å². The van der Waals surface area contributed by atoms with Crippen LogP contribution in [0.5, 0.6) is 11.5 Å². The summed E-state index contributed by atoms with van der Waals surface area (Å²) in [5.41, 5.74) is 0.866. The fourth-order valence-corrected chi connectivity index (χ4v) is 1.46. The number of benzene rings is 1. The van der Waals surface area contributed by atoms with Crippen LogP contribution >= 0.6 is 0 Å². The fraction of sp³-hybridized carbons (Fsp3) is 0.250. The van der Waals surface area contributed by atoms with E-state index in [0.29, 0.717) is 17.4 Å². The molecule has 0 unspecified atom stereocenters. The molecule has 2 rings (SSSR count). The van der Waals surface area contributed by atoms with E-state index in [9.17, 15) is 0 Å². The van der Waals surface area contributed by atoms with Gasteiger partial charge < -0.3 is 13.9 Å². The van der Waals surface area contributed by atoms with Crippen LogP contribution in [0.1, 0.15) is 5.76 Å². The van der Waals surface area contributed by atoms with Gasteiger partial charge in [-0.2, -0.15) is 0 Å². The highest BCUT2D eigenvalue weighted by molar-refractivity contribution is 5.59. The van der Waals surface area contributed by atoms with Gasteiger partial charge in [0.2, 0.25) is 5.89 Å². The van der Waals surface area contributed by atoms with Crippen molar-refractivity contribution in [3.63, 3.8) is 0 Å². The molecular formula is C12H13NO3. The minimum Gasteiger partial charge on any atom is -0.493 e. The number of methoxy groups -OCH3 is 2. The average Bonchev–Trinajstić information content (AvgIpc) is 2.75. The first-order valence-corrected chi connectivity index (χ1v) is 4.89. The molecule has 0 aliphatic rings. The molecule has 0 saturated carbocycles. The molecule has 1 aromatic heterocycles. The van der Waals surface area contributed by atoms with Crippen LogP contribution in [0.3, 0.4) is 0 Å². The third kappa shape index (κ3) is 1.86. The zero-order valence-electron chi connectivity index (χ0n) is 9.48. The third-order valence-corrected chi connectivity index (χ3v) is 2.25. The van der Waals surface area contributed by atoms with E-state index in [2.05, 4.69) is 4.98 Å². The summed E-state index contributed by atoms with van der Waals surface area (Å²) in [6, 6.07) is 5.55. The quantitative estimate of drug-likeness (QED) is 0.796. The third-order valence-electron chi connectivity index (χ3n) is 2.25. The van der Waals surface area contributed by atoms with Gasteiger partial charge in [-0.25, -0.2) is 4.98 Å². The molecule has 1 aromatic carbocycles. The van der Waals surface area contributed by atoms with Gasteiger partial charge in [0.05, 0.1) is 20.4 Å². The van der Waals surface area contributed by atoms with E-state index in [1.165, 1.54) is 0 Å². The van der Waals surface area contributed by atoms with Crippen LogP contribution in [0.15, 0.2) is 28.8 Å². The van der Waals surface area contributed by atoms with Crippen LogP contribution in [0.25, 0.3) is 11.5 Å². The van der Waals surface area contributed by atoms with Crippen molar-refractivity contribution in [2.45, 2.75) is 6.92 Å². The van der Waals surface area contributed by atoms with Crippen LogP contribution in [0, 0.1) is 6.92 Å². The fourth-order valence-electron chi connectivity index (χ4n) is 1.46. The zero-order valence-corrected chi connectivity index (χ0v) is 9.48. The summed E-state index contributed by atoms with van der Waals surface area (Å²) in [5, 5.41) is 0. The molecule has 4 heteroatoms. The Balaban J connectivity index is 2.43. The summed E-state index contributed by atoms with van der Waals surface area (Å²) in [5.74, 6) is 2.72. The standard InChI is InChI=1S/C12H13NO3/c1-8-7-13-12(16-8)9-4-5-10(14-2)11(6-9)15-3/h4-7H,1-3H3. The predicted octanol–water partition coefficient (Wildman–Crippen LogP) is 2.67. The maximum Gasteiger partial charge on any atom is 0.226 e. The van der Waals surface area contributed by atoms with E-state index in [4.69, 9.17) is 13.9 Å². The lowest BCUT2D eigenvalue weighted by Gasteiger charge is -2.07. The maximum atomic E-state index is 5.44. The molecular weight excluding hydrogens is 206 g/mol. The second-order valence-corrected chi connectivity index (χ2v) is 3.35. The van der Waals surface area contributed by atoms with E-state index in [1.807, 2.05) is 25.1 Å². The van der Waals surface area contributed by atoms with Crippen LogP contribution < -0.4 is 9.47 Å².